The van der Waals surface area contributed by atoms with E-state index in [2.05, 4.69) is 12.2 Å². The average Bonchev–Trinajstić information content (AvgIpc) is 2.39. The van der Waals surface area contributed by atoms with E-state index in [0.29, 0.717) is 12.0 Å². The molecule has 1 aliphatic heterocycles. The summed E-state index contributed by atoms with van der Waals surface area (Å²) in [7, 11) is 0. The zero-order valence-electron chi connectivity index (χ0n) is 12.0. The van der Waals surface area contributed by atoms with Crippen molar-refractivity contribution < 1.29 is 9.84 Å². The van der Waals surface area contributed by atoms with E-state index < -0.39 is 5.60 Å². The first-order chi connectivity index (χ1) is 8.62. The van der Waals surface area contributed by atoms with Crippen molar-refractivity contribution in [3.63, 3.8) is 0 Å². The Morgan fingerprint density at radius 1 is 1.28 bits per heavy atom. The van der Waals surface area contributed by atoms with Crippen molar-refractivity contribution >= 4 is 0 Å². The number of rotatable bonds is 4. The van der Waals surface area contributed by atoms with Gasteiger partial charge < -0.3 is 15.2 Å². The summed E-state index contributed by atoms with van der Waals surface area (Å²) in [4.78, 5) is 0. The van der Waals surface area contributed by atoms with Crippen LogP contribution in [-0.4, -0.2) is 36.5 Å². The lowest BCUT2D eigenvalue weighted by atomic mass is 9.71. The van der Waals surface area contributed by atoms with Crippen molar-refractivity contribution in [1.29, 1.82) is 0 Å². The molecule has 1 aliphatic carbocycles. The first-order valence-electron chi connectivity index (χ1n) is 7.65. The molecule has 18 heavy (non-hydrogen) atoms. The number of ether oxygens (including phenoxy) is 1. The van der Waals surface area contributed by atoms with Crippen molar-refractivity contribution in [2.45, 2.75) is 64.0 Å². The van der Waals surface area contributed by atoms with Crippen LogP contribution in [0.3, 0.4) is 0 Å². The maximum Gasteiger partial charge on any atom is 0.0663 e. The molecule has 1 heterocycles. The van der Waals surface area contributed by atoms with Crippen LogP contribution in [0, 0.1) is 11.8 Å². The highest BCUT2D eigenvalue weighted by Crippen LogP contribution is 2.38. The number of morpholine rings is 1. The molecule has 0 spiro atoms. The van der Waals surface area contributed by atoms with Crippen LogP contribution in [0.1, 0.15) is 52.4 Å². The summed E-state index contributed by atoms with van der Waals surface area (Å²) in [5, 5.41) is 14.2. The van der Waals surface area contributed by atoms with Gasteiger partial charge >= 0.3 is 0 Å². The second kappa shape index (κ2) is 6.36. The van der Waals surface area contributed by atoms with Crippen LogP contribution in [0.5, 0.6) is 0 Å². The fourth-order valence-corrected chi connectivity index (χ4v) is 3.61. The summed E-state index contributed by atoms with van der Waals surface area (Å²) in [5.74, 6) is 1.37. The third-order valence-electron chi connectivity index (χ3n) is 4.96. The second-order valence-corrected chi connectivity index (χ2v) is 6.41. The molecule has 2 rings (SSSR count). The minimum Gasteiger partial charge on any atom is -0.390 e. The maximum atomic E-state index is 10.8. The fourth-order valence-electron chi connectivity index (χ4n) is 3.61. The summed E-state index contributed by atoms with van der Waals surface area (Å²) in [6.45, 7) is 6.79. The Kier molecular flexibility index (Phi) is 5.05. The summed E-state index contributed by atoms with van der Waals surface area (Å²) < 4.78 is 5.48. The molecule has 0 aromatic carbocycles. The largest absolute Gasteiger partial charge is 0.390 e. The maximum absolute atomic E-state index is 10.8. The van der Waals surface area contributed by atoms with Gasteiger partial charge in [-0.15, -0.1) is 0 Å². The summed E-state index contributed by atoms with van der Waals surface area (Å²) in [5.41, 5.74) is -0.531. The Morgan fingerprint density at radius 2 is 2.00 bits per heavy atom. The molecule has 1 saturated heterocycles. The summed E-state index contributed by atoms with van der Waals surface area (Å²) >= 11 is 0. The Bertz CT molecular complexity index is 241. The van der Waals surface area contributed by atoms with Gasteiger partial charge in [-0.2, -0.15) is 0 Å². The van der Waals surface area contributed by atoms with Crippen LogP contribution in [0.15, 0.2) is 0 Å². The van der Waals surface area contributed by atoms with E-state index in [1.165, 1.54) is 32.1 Å². The molecule has 0 radical (unpaired) electrons. The van der Waals surface area contributed by atoms with Crippen LogP contribution in [0.25, 0.3) is 0 Å². The first-order valence-corrected chi connectivity index (χ1v) is 7.65. The van der Waals surface area contributed by atoms with Gasteiger partial charge in [0, 0.05) is 12.6 Å². The van der Waals surface area contributed by atoms with Crippen LogP contribution in [0.4, 0.5) is 0 Å². The molecular formula is C15H29NO2. The molecule has 2 unspecified atom stereocenters. The molecule has 0 aromatic heterocycles. The molecule has 2 atom stereocenters. The van der Waals surface area contributed by atoms with Crippen molar-refractivity contribution in [2.75, 3.05) is 19.8 Å². The van der Waals surface area contributed by atoms with Crippen molar-refractivity contribution in [3.05, 3.63) is 0 Å². The average molecular weight is 255 g/mol. The first kappa shape index (κ1) is 14.3. The molecule has 2 aliphatic rings. The van der Waals surface area contributed by atoms with Crippen LogP contribution in [-0.2, 0) is 4.74 Å². The highest BCUT2D eigenvalue weighted by atomic mass is 16.5. The molecule has 1 saturated carbocycles. The minimum atomic E-state index is -0.531. The summed E-state index contributed by atoms with van der Waals surface area (Å²) in [6, 6.07) is 0.331. The van der Waals surface area contributed by atoms with E-state index >= 15 is 0 Å². The van der Waals surface area contributed by atoms with Gasteiger partial charge in [0.2, 0.25) is 0 Å². The zero-order chi connectivity index (χ0) is 13.0. The van der Waals surface area contributed by atoms with E-state index in [1.54, 1.807) is 0 Å². The standard InChI is InChI=1S/C15H29NO2/c1-3-12-4-6-13(7-5-12)15(2,17)10-14-11-18-9-8-16-14/h12-14,16-17H,3-11H2,1-2H3. The monoisotopic (exact) mass is 255 g/mol. The molecule has 3 nitrogen and oxygen atoms in total. The van der Waals surface area contributed by atoms with Gasteiger partial charge in [-0.3, -0.25) is 0 Å². The highest BCUT2D eigenvalue weighted by molar-refractivity contribution is 4.90. The molecule has 2 N–H and O–H groups in total. The summed E-state index contributed by atoms with van der Waals surface area (Å²) in [6.07, 6.45) is 7.11. The quantitative estimate of drug-likeness (QED) is 0.810. The normalized spacial score (nSPS) is 37.2. The molecule has 0 amide bonds. The zero-order valence-corrected chi connectivity index (χ0v) is 12.0. The topological polar surface area (TPSA) is 41.5 Å². The van der Waals surface area contributed by atoms with Crippen molar-refractivity contribution in [2.24, 2.45) is 11.8 Å². The third kappa shape index (κ3) is 3.69. The molecule has 2 fully saturated rings. The SMILES string of the molecule is CCC1CCC(C(C)(O)CC2COCCN2)CC1. The lowest BCUT2D eigenvalue weighted by Crippen LogP contribution is -2.48. The van der Waals surface area contributed by atoms with E-state index in [-0.39, 0.29) is 0 Å². The Balaban J connectivity index is 1.82. The van der Waals surface area contributed by atoms with Gasteiger partial charge in [-0.25, -0.2) is 0 Å². The molecule has 0 bridgehead atoms. The third-order valence-corrected chi connectivity index (χ3v) is 4.96. The number of aliphatic hydroxyl groups is 1. The lowest BCUT2D eigenvalue weighted by Gasteiger charge is -2.40. The number of hydrogen-bond donors (Lipinski definition) is 2. The number of hydrogen-bond acceptors (Lipinski definition) is 3. The Labute approximate surface area is 111 Å². The van der Waals surface area contributed by atoms with Gasteiger partial charge in [0.05, 0.1) is 18.8 Å². The molecular weight excluding hydrogens is 226 g/mol. The Hall–Kier alpha value is -0.120. The van der Waals surface area contributed by atoms with Crippen LogP contribution < -0.4 is 5.32 Å². The van der Waals surface area contributed by atoms with E-state index in [1.807, 2.05) is 6.92 Å². The fraction of sp³-hybridized carbons (Fsp3) is 1.00. The van der Waals surface area contributed by atoms with Gasteiger partial charge in [-0.1, -0.05) is 26.2 Å². The van der Waals surface area contributed by atoms with Gasteiger partial charge in [-0.05, 0) is 38.0 Å². The van der Waals surface area contributed by atoms with Crippen molar-refractivity contribution in [3.8, 4) is 0 Å². The minimum absolute atomic E-state index is 0.331. The molecule has 106 valence electrons. The van der Waals surface area contributed by atoms with Crippen molar-refractivity contribution in [1.82, 2.24) is 5.32 Å². The number of nitrogens with one attached hydrogen (secondary N) is 1. The van der Waals surface area contributed by atoms with Crippen LogP contribution >= 0.6 is 0 Å². The predicted octanol–water partition coefficient (Wildman–Crippen LogP) is 2.33. The molecule has 0 aromatic rings. The van der Waals surface area contributed by atoms with Gasteiger partial charge in [0.25, 0.3) is 0 Å². The molecule has 3 heteroatoms. The second-order valence-electron chi connectivity index (χ2n) is 6.41. The smallest absolute Gasteiger partial charge is 0.0663 e. The lowest BCUT2D eigenvalue weighted by molar-refractivity contribution is -0.0497. The van der Waals surface area contributed by atoms with Gasteiger partial charge in [0.15, 0.2) is 0 Å². The Morgan fingerprint density at radius 3 is 2.56 bits per heavy atom. The van der Waals surface area contributed by atoms with E-state index in [9.17, 15) is 5.11 Å². The van der Waals surface area contributed by atoms with E-state index in [0.717, 1.165) is 32.1 Å². The van der Waals surface area contributed by atoms with Gasteiger partial charge in [0.1, 0.15) is 0 Å². The van der Waals surface area contributed by atoms with Crippen LogP contribution in [0.2, 0.25) is 0 Å². The predicted molar refractivity (Wildman–Crippen MR) is 73.6 cm³/mol. The highest BCUT2D eigenvalue weighted by Gasteiger charge is 2.36. The van der Waals surface area contributed by atoms with E-state index in [4.69, 9.17) is 4.74 Å².